The van der Waals surface area contributed by atoms with Crippen molar-refractivity contribution in [2.75, 3.05) is 0 Å². The van der Waals surface area contributed by atoms with Crippen molar-refractivity contribution in [1.29, 1.82) is 0 Å². The SMILES string of the molecule is CC(C)(C)c1ccc(C(=O)NNC(=S)NC(=O)Cc2cccc3ccccc23)cc1. The first-order valence-corrected chi connectivity index (χ1v) is 10.1. The molecule has 3 N–H and O–H groups in total. The van der Waals surface area contributed by atoms with Gasteiger partial charge in [-0.15, -0.1) is 0 Å². The Labute approximate surface area is 181 Å². The van der Waals surface area contributed by atoms with Crippen molar-refractivity contribution in [2.24, 2.45) is 0 Å². The number of rotatable bonds is 3. The third-order valence-electron chi connectivity index (χ3n) is 4.79. The van der Waals surface area contributed by atoms with E-state index in [1.165, 1.54) is 0 Å². The van der Waals surface area contributed by atoms with Crippen LogP contribution in [0.2, 0.25) is 0 Å². The third kappa shape index (κ3) is 5.42. The van der Waals surface area contributed by atoms with Gasteiger partial charge in [0.2, 0.25) is 5.91 Å². The molecule has 30 heavy (non-hydrogen) atoms. The molecule has 0 saturated heterocycles. The molecule has 3 rings (SSSR count). The van der Waals surface area contributed by atoms with Crippen LogP contribution in [0, 0.1) is 0 Å². The maximum Gasteiger partial charge on any atom is 0.269 e. The summed E-state index contributed by atoms with van der Waals surface area (Å²) in [6.45, 7) is 6.34. The van der Waals surface area contributed by atoms with E-state index in [2.05, 4.69) is 36.9 Å². The predicted molar refractivity (Wildman–Crippen MR) is 124 cm³/mol. The maximum absolute atomic E-state index is 12.4. The molecular weight excluding hydrogens is 394 g/mol. The van der Waals surface area contributed by atoms with Gasteiger partial charge in [-0.25, -0.2) is 0 Å². The molecule has 2 amide bonds. The van der Waals surface area contributed by atoms with Gasteiger partial charge in [0.1, 0.15) is 0 Å². The van der Waals surface area contributed by atoms with Crippen molar-refractivity contribution < 1.29 is 9.59 Å². The minimum absolute atomic E-state index is 0.0170. The van der Waals surface area contributed by atoms with Gasteiger partial charge in [0.15, 0.2) is 5.11 Å². The van der Waals surface area contributed by atoms with Gasteiger partial charge in [-0.1, -0.05) is 75.4 Å². The summed E-state index contributed by atoms with van der Waals surface area (Å²) < 4.78 is 0. The van der Waals surface area contributed by atoms with Crippen LogP contribution in [0.3, 0.4) is 0 Å². The number of thiocarbonyl (C=S) groups is 1. The Bertz CT molecular complexity index is 1080. The van der Waals surface area contributed by atoms with Crippen LogP contribution in [0.5, 0.6) is 0 Å². The highest BCUT2D eigenvalue weighted by Crippen LogP contribution is 2.22. The fourth-order valence-electron chi connectivity index (χ4n) is 3.13. The van der Waals surface area contributed by atoms with E-state index in [-0.39, 0.29) is 28.8 Å². The third-order valence-corrected chi connectivity index (χ3v) is 4.99. The monoisotopic (exact) mass is 419 g/mol. The van der Waals surface area contributed by atoms with Crippen molar-refractivity contribution >= 4 is 39.9 Å². The predicted octanol–water partition coefficient (Wildman–Crippen LogP) is 4.02. The number of hydrogen-bond donors (Lipinski definition) is 3. The highest BCUT2D eigenvalue weighted by atomic mass is 32.1. The topological polar surface area (TPSA) is 70.2 Å². The molecular formula is C24H25N3O2S. The second-order valence-electron chi connectivity index (χ2n) is 8.10. The summed E-state index contributed by atoms with van der Waals surface area (Å²) in [4.78, 5) is 24.6. The summed E-state index contributed by atoms with van der Waals surface area (Å²) in [7, 11) is 0. The molecule has 0 spiro atoms. The zero-order valence-corrected chi connectivity index (χ0v) is 18.1. The van der Waals surface area contributed by atoms with Crippen LogP contribution in [0.1, 0.15) is 42.3 Å². The van der Waals surface area contributed by atoms with Crippen LogP contribution in [-0.2, 0) is 16.6 Å². The van der Waals surface area contributed by atoms with Gasteiger partial charge in [0.25, 0.3) is 5.91 Å². The fourth-order valence-corrected chi connectivity index (χ4v) is 3.29. The lowest BCUT2D eigenvalue weighted by Gasteiger charge is -2.19. The molecule has 3 aromatic rings. The average Bonchev–Trinajstić information content (AvgIpc) is 2.71. The van der Waals surface area contributed by atoms with E-state index < -0.39 is 0 Å². The van der Waals surface area contributed by atoms with E-state index in [1.807, 2.05) is 54.6 Å². The molecule has 0 radical (unpaired) electrons. The molecule has 0 aliphatic heterocycles. The Kier molecular flexibility index (Phi) is 6.47. The summed E-state index contributed by atoms with van der Waals surface area (Å²) in [5.74, 6) is -0.589. The molecule has 6 heteroatoms. The number of fused-ring (bicyclic) bond motifs is 1. The second-order valence-corrected chi connectivity index (χ2v) is 8.51. The summed E-state index contributed by atoms with van der Waals surface area (Å²) in [5, 5.41) is 4.74. The van der Waals surface area contributed by atoms with Gasteiger partial charge in [-0.2, -0.15) is 0 Å². The zero-order chi connectivity index (χ0) is 21.7. The van der Waals surface area contributed by atoms with Crippen molar-refractivity contribution in [3.63, 3.8) is 0 Å². The van der Waals surface area contributed by atoms with Crippen molar-refractivity contribution in [1.82, 2.24) is 16.2 Å². The molecule has 0 aliphatic rings. The number of nitrogens with one attached hydrogen (secondary N) is 3. The Morgan fingerprint density at radius 3 is 2.23 bits per heavy atom. The molecule has 0 aliphatic carbocycles. The van der Waals surface area contributed by atoms with E-state index in [1.54, 1.807) is 12.1 Å². The molecule has 0 atom stereocenters. The van der Waals surface area contributed by atoms with E-state index in [4.69, 9.17) is 12.2 Å². The second kappa shape index (κ2) is 9.05. The number of amides is 2. The lowest BCUT2D eigenvalue weighted by molar-refractivity contribution is -0.119. The molecule has 0 saturated carbocycles. The first kappa shape index (κ1) is 21.5. The van der Waals surface area contributed by atoms with Crippen LogP contribution < -0.4 is 16.2 Å². The van der Waals surface area contributed by atoms with Gasteiger partial charge in [-0.3, -0.25) is 20.4 Å². The minimum atomic E-state index is -0.332. The lowest BCUT2D eigenvalue weighted by Crippen LogP contribution is -2.48. The van der Waals surface area contributed by atoms with Crippen LogP contribution >= 0.6 is 12.2 Å². The number of hydrazine groups is 1. The Balaban J connectivity index is 1.52. The molecule has 3 aromatic carbocycles. The van der Waals surface area contributed by atoms with E-state index in [9.17, 15) is 9.59 Å². The summed E-state index contributed by atoms with van der Waals surface area (Å²) in [6.07, 6.45) is 0.186. The van der Waals surface area contributed by atoms with Gasteiger partial charge in [-0.05, 0) is 51.7 Å². The zero-order valence-electron chi connectivity index (χ0n) is 17.3. The first-order valence-electron chi connectivity index (χ1n) is 9.71. The van der Waals surface area contributed by atoms with Crippen molar-refractivity contribution in [2.45, 2.75) is 32.6 Å². The molecule has 0 bridgehead atoms. The van der Waals surface area contributed by atoms with Crippen LogP contribution in [0.25, 0.3) is 10.8 Å². The highest BCUT2D eigenvalue weighted by molar-refractivity contribution is 7.80. The molecule has 0 aromatic heterocycles. The molecule has 0 heterocycles. The number of hydrogen-bond acceptors (Lipinski definition) is 3. The van der Waals surface area contributed by atoms with Crippen molar-refractivity contribution in [3.05, 3.63) is 83.4 Å². The summed E-state index contributed by atoms with van der Waals surface area (Å²) in [6, 6.07) is 21.1. The normalized spacial score (nSPS) is 11.0. The smallest absolute Gasteiger partial charge is 0.269 e. The molecule has 0 unspecified atom stereocenters. The lowest BCUT2D eigenvalue weighted by atomic mass is 9.87. The number of carbonyl (C=O) groups is 2. The Morgan fingerprint density at radius 1 is 0.867 bits per heavy atom. The van der Waals surface area contributed by atoms with Crippen LogP contribution in [0.4, 0.5) is 0 Å². The largest absolute Gasteiger partial charge is 0.302 e. The van der Waals surface area contributed by atoms with Crippen molar-refractivity contribution in [3.8, 4) is 0 Å². The number of carbonyl (C=O) groups excluding carboxylic acids is 2. The summed E-state index contributed by atoms with van der Waals surface area (Å²) >= 11 is 5.12. The minimum Gasteiger partial charge on any atom is -0.302 e. The van der Waals surface area contributed by atoms with E-state index in [0.29, 0.717) is 5.56 Å². The van der Waals surface area contributed by atoms with Gasteiger partial charge < -0.3 is 5.32 Å². The van der Waals surface area contributed by atoms with E-state index in [0.717, 1.165) is 21.9 Å². The first-order chi connectivity index (χ1) is 14.2. The Hall–Kier alpha value is -3.25. The summed E-state index contributed by atoms with van der Waals surface area (Å²) in [5.41, 5.74) is 7.66. The number of benzene rings is 3. The van der Waals surface area contributed by atoms with Crippen LogP contribution in [0.15, 0.2) is 66.7 Å². The molecule has 0 fully saturated rings. The molecule has 154 valence electrons. The van der Waals surface area contributed by atoms with Gasteiger partial charge in [0.05, 0.1) is 6.42 Å². The maximum atomic E-state index is 12.4. The van der Waals surface area contributed by atoms with Gasteiger partial charge in [0, 0.05) is 5.56 Å². The van der Waals surface area contributed by atoms with Gasteiger partial charge >= 0.3 is 0 Å². The fraction of sp³-hybridized carbons (Fsp3) is 0.208. The average molecular weight is 420 g/mol. The Morgan fingerprint density at radius 2 is 1.53 bits per heavy atom. The quantitative estimate of drug-likeness (QED) is 0.443. The highest BCUT2D eigenvalue weighted by Gasteiger charge is 2.14. The molecule has 5 nitrogen and oxygen atoms in total. The van der Waals surface area contributed by atoms with E-state index >= 15 is 0 Å². The standard InChI is InChI=1S/C24H25N3O2S/c1-24(2,3)19-13-11-17(12-14-19)22(29)26-27-23(30)25-21(28)15-18-9-6-8-16-7-4-5-10-20(16)18/h4-14H,15H2,1-3H3,(H,26,29)(H2,25,27,28,30). The van der Waals surface area contributed by atoms with Crippen LogP contribution in [-0.4, -0.2) is 16.9 Å².